The number of amides is 1. The van der Waals surface area contributed by atoms with Crippen LogP contribution in [0.1, 0.15) is 16.1 Å². The van der Waals surface area contributed by atoms with E-state index in [1.807, 2.05) is 11.0 Å². The fourth-order valence-electron chi connectivity index (χ4n) is 3.27. The Morgan fingerprint density at radius 3 is 2.48 bits per heavy atom. The van der Waals surface area contributed by atoms with Gasteiger partial charge in [-0.3, -0.25) is 4.79 Å². The van der Waals surface area contributed by atoms with Crippen LogP contribution in [-0.2, 0) is 0 Å². The van der Waals surface area contributed by atoms with E-state index in [0.29, 0.717) is 36.8 Å². The highest BCUT2D eigenvalue weighted by Gasteiger charge is 2.28. The smallest absolute Gasteiger partial charge is 0.255 e. The average Bonchev–Trinajstić information content (AvgIpc) is 3.18. The van der Waals surface area contributed by atoms with Gasteiger partial charge >= 0.3 is 0 Å². The molecule has 2 heterocycles. The summed E-state index contributed by atoms with van der Waals surface area (Å²) in [6, 6.07) is 15.0. The normalized spacial score (nSPS) is 14.0. The number of carbonyl (C=O) groups excluding carboxylic acids is 1. The number of hydrogen-bond donors (Lipinski definition) is 0. The van der Waals surface area contributed by atoms with E-state index in [1.165, 1.54) is 6.07 Å². The van der Waals surface area contributed by atoms with E-state index in [-0.39, 0.29) is 28.9 Å². The van der Waals surface area contributed by atoms with Gasteiger partial charge in [-0.2, -0.15) is 10.2 Å². The van der Waals surface area contributed by atoms with E-state index in [1.54, 1.807) is 47.4 Å². The highest BCUT2D eigenvalue weighted by atomic mass is 35.5. The summed E-state index contributed by atoms with van der Waals surface area (Å²) in [6.07, 6.45) is 0. The SMILES string of the molecule is N#Cc1nc(-c2ccccc2F)oc1N1CCN(C(=O)c2ccccc2Cl)CC1. The molecular weight excluding hydrogens is 395 g/mol. The lowest BCUT2D eigenvalue weighted by atomic mass is 10.2. The van der Waals surface area contributed by atoms with Gasteiger partial charge in [0.05, 0.1) is 16.1 Å². The van der Waals surface area contributed by atoms with Crippen LogP contribution in [0.15, 0.2) is 52.9 Å². The minimum absolute atomic E-state index is 0.0595. The third-order valence-electron chi connectivity index (χ3n) is 4.78. The molecule has 0 spiro atoms. The van der Waals surface area contributed by atoms with Crippen LogP contribution in [0.4, 0.5) is 10.3 Å². The van der Waals surface area contributed by atoms with Crippen LogP contribution >= 0.6 is 11.6 Å². The summed E-state index contributed by atoms with van der Waals surface area (Å²) in [4.78, 5) is 20.4. The second kappa shape index (κ2) is 7.94. The topological polar surface area (TPSA) is 73.4 Å². The van der Waals surface area contributed by atoms with E-state index in [9.17, 15) is 14.4 Å². The maximum atomic E-state index is 14.0. The summed E-state index contributed by atoms with van der Waals surface area (Å²) in [5.74, 6) is -0.264. The van der Waals surface area contributed by atoms with Crippen LogP contribution in [0.25, 0.3) is 11.5 Å². The summed E-state index contributed by atoms with van der Waals surface area (Å²) in [5.41, 5.74) is 0.749. The molecule has 1 aliphatic heterocycles. The Bertz CT molecular complexity index is 1100. The summed E-state index contributed by atoms with van der Waals surface area (Å²) in [5, 5.41) is 9.84. The van der Waals surface area contributed by atoms with Crippen molar-refractivity contribution in [3.63, 3.8) is 0 Å². The van der Waals surface area contributed by atoms with Gasteiger partial charge in [0.2, 0.25) is 17.5 Å². The van der Waals surface area contributed by atoms with Gasteiger partial charge in [0.1, 0.15) is 11.9 Å². The molecule has 0 N–H and O–H groups in total. The molecule has 8 heteroatoms. The summed E-state index contributed by atoms with van der Waals surface area (Å²) < 4.78 is 19.8. The quantitative estimate of drug-likeness (QED) is 0.653. The van der Waals surface area contributed by atoms with Crippen molar-refractivity contribution in [1.82, 2.24) is 9.88 Å². The number of hydrogen-bond acceptors (Lipinski definition) is 5. The van der Waals surface area contributed by atoms with E-state index in [0.717, 1.165) is 0 Å². The molecule has 6 nitrogen and oxygen atoms in total. The van der Waals surface area contributed by atoms with Crippen molar-refractivity contribution >= 4 is 23.4 Å². The minimum Gasteiger partial charge on any atom is -0.419 e. The summed E-state index contributed by atoms with van der Waals surface area (Å²) in [6.45, 7) is 1.78. The zero-order valence-electron chi connectivity index (χ0n) is 15.3. The molecule has 1 aromatic heterocycles. The molecule has 29 heavy (non-hydrogen) atoms. The molecule has 0 aliphatic carbocycles. The van der Waals surface area contributed by atoms with Gasteiger partial charge in [-0.15, -0.1) is 0 Å². The van der Waals surface area contributed by atoms with E-state index >= 15 is 0 Å². The Labute approximate surface area is 171 Å². The van der Waals surface area contributed by atoms with Crippen molar-refractivity contribution < 1.29 is 13.6 Å². The van der Waals surface area contributed by atoms with Crippen LogP contribution < -0.4 is 4.90 Å². The maximum absolute atomic E-state index is 14.0. The molecular formula is C21H16ClFN4O2. The number of halogens is 2. The number of benzene rings is 2. The number of carbonyl (C=O) groups is 1. The molecule has 0 atom stereocenters. The van der Waals surface area contributed by atoms with Crippen molar-refractivity contribution in [2.45, 2.75) is 0 Å². The molecule has 0 unspecified atom stereocenters. The Kier molecular flexibility index (Phi) is 5.19. The summed E-state index contributed by atoms with van der Waals surface area (Å²) >= 11 is 6.13. The highest BCUT2D eigenvalue weighted by Crippen LogP contribution is 2.30. The van der Waals surface area contributed by atoms with Crippen molar-refractivity contribution in [2.24, 2.45) is 0 Å². The van der Waals surface area contributed by atoms with Crippen molar-refractivity contribution in [1.29, 1.82) is 5.26 Å². The number of nitriles is 1. The first-order valence-electron chi connectivity index (χ1n) is 9.03. The third-order valence-corrected chi connectivity index (χ3v) is 5.11. The Hall–Kier alpha value is -3.37. The zero-order chi connectivity index (χ0) is 20.4. The molecule has 146 valence electrons. The van der Waals surface area contributed by atoms with Crippen molar-refractivity contribution in [3.05, 3.63) is 70.6 Å². The molecule has 2 aromatic carbocycles. The zero-order valence-corrected chi connectivity index (χ0v) is 16.1. The first-order valence-corrected chi connectivity index (χ1v) is 9.41. The number of piperazine rings is 1. The Morgan fingerprint density at radius 1 is 1.10 bits per heavy atom. The molecule has 0 bridgehead atoms. The van der Waals surface area contributed by atoms with Gasteiger partial charge in [0.25, 0.3) is 5.91 Å². The van der Waals surface area contributed by atoms with Crippen molar-refractivity contribution in [2.75, 3.05) is 31.1 Å². The Balaban J connectivity index is 1.52. The lowest BCUT2D eigenvalue weighted by molar-refractivity contribution is 0.0745. The molecule has 1 saturated heterocycles. The van der Waals surface area contributed by atoms with Crippen LogP contribution in [-0.4, -0.2) is 42.0 Å². The number of rotatable bonds is 3. The first kappa shape index (κ1) is 19.0. The lowest BCUT2D eigenvalue weighted by Crippen LogP contribution is -2.49. The van der Waals surface area contributed by atoms with Crippen LogP contribution in [0, 0.1) is 17.1 Å². The van der Waals surface area contributed by atoms with Gasteiger partial charge in [-0.05, 0) is 24.3 Å². The van der Waals surface area contributed by atoms with E-state index in [4.69, 9.17) is 16.0 Å². The molecule has 1 amide bonds. The average molecular weight is 411 g/mol. The van der Waals surface area contributed by atoms with Gasteiger partial charge in [-0.25, -0.2) is 4.39 Å². The monoisotopic (exact) mass is 410 g/mol. The van der Waals surface area contributed by atoms with Gasteiger partial charge < -0.3 is 14.2 Å². The van der Waals surface area contributed by atoms with Gasteiger partial charge in [0, 0.05) is 26.2 Å². The lowest BCUT2D eigenvalue weighted by Gasteiger charge is -2.34. The maximum Gasteiger partial charge on any atom is 0.255 e. The van der Waals surface area contributed by atoms with Gasteiger partial charge in [-0.1, -0.05) is 35.9 Å². The fourth-order valence-corrected chi connectivity index (χ4v) is 3.48. The molecule has 0 radical (unpaired) electrons. The predicted molar refractivity (Wildman–Crippen MR) is 106 cm³/mol. The Morgan fingerprint density at radius 2 is 1.79 bits per heavy atom. The molecule has 1 fully saturated rings. The standard InChI is InChI=1S/C21H16ClFN4O2/c22-16-7-3-1-5-14(16)20(28)26-9-11-27(12-10-26)21-18(13-24)25-19(29-21)15-6-2-4-8-17(15)23/h1-8H,9-12H2. The summed E-state index contributed by atoms with van der Waals surface area (Å²) in [7, 11) is 0. The van der Waals surface area contributed by atoms with Crippen LogP contribution in [0.3, 0.4) is 0 Å². The number of oxazole rings is 1. The minimum atomic E-state index is -0.472. The second-order valence-electron chi connectivity index (χ2n) is 6.52. The number of aromatic nitrogens is 1. The van der Waals surface area contributed by atoms with Crippen LogP contribution in [0.5, 0.6) is 0 Å². The molecule has 4 rings (SSSR count). The molecule has 0 saturated carbocycles. The van der Waals surface area contributed by atoms with E-state index in [2.05, 4.69) is 4.98 Å². The van der Waals surface area contributed by atoms with Crippen LogP contribution in [0.2, 0.25) is 5.02 Å². The van der Waals surface area contributed by atoms with Crippen molar-refractivity contribution in [3.8, 4) is 17.5 Å². The van der Waals surface area contributed by atoms with E-state index < -0.39 is 5.82 Å². The second-order valence-corrected chi connectivity index (χ2v) is 6.93. The number of anilines is 1. The first-order chi connectivity index (χ1) is 14.1. The largest absolute Gasteiger partial charge is 0.419 e. The number of nitrogens with zero attached hydrogens (tertiary/aromatic N) is 4. The molecule has 1 aliphatic rings. The predicted octanol–water partition coefficient (Wildman–Crippen LogP) is 3.97. The molecule has 3 aromatic rings. The highest BCUT2D eigenvalue weighted by molar-refractivity contribution is 6.33. The van der Waals surface area contributed by atoms with Gasteiger partial charge in [0.15, 0.2) is 0 Å². The fraction of sp³-hybridized carbons (Fsp3) is 0.190. The third kappa shape index (κ3) is 3.67.